The average Bonchev–Trinajstić information content (AvgIpc) is 2.97. The van der Waals surface area contributed by atoms with Gasteiger partial charge in [-0.1, -0.05) is 11.3 Å². The van der Waals surface area contributed by atoms with E-state index in [4.69, 9.17) is 12.2 Å². The highest BCUT2D eigenvalue weighted by Crippen LogP contribution is 2.19. The van der Waals surface area contributed by atoms with Crippen LogP contribution in [0.3, 0.4) is 0 Å². The number of hydrogen-bond acceptors (Lipinski definition) is 7. The van der Waals surface area contributed by atoms with E-state index in [0.717, 1.165) is 43.2 Å². The number of sulfone groups is 1. The third-order valence-electron chi connectivity index (χ3n) is 4.02. The van der Waals surface area contributed by atoms with Gasteiger partial charge in [0.25, 0.3) is 0 Å². The van der Waals surface area contributed by atoms with Gasteiger partial charge < -0.3 is 0 Å². The molecule has 3 rings (SSSR count). The molecule has 9 heteroatoms. The Morgan fingerprint density at radius 2 is 2.10 bits per heavy atom. The minimum atomic E-state index is -2.79. The molecule has 0 aliphatic carbocycles. The highest BCUT2D eigenvalue weighted by molar-refractivity contribution is 7.91. The molecular weight excluding hydrogens is 316 g/mol. The van der Waals surface area contributed by atoms with Gasteiger partial charge in [0.1, 0.15) is 5.51 Å². The summed E-state index contributed by atoms with van der Waals surface area (Å²) in [5.41, 5.74) is 1.77. The van der Waals surface area contributed by atoms with Crippen LogP contribution in [0.4, 0.5) is 0 Å². The van der Waals surface area contributed by atoms with Crippen LogP contribution in [0.5, 0.6) is 0 Å². The topological polar surface area (TPSA) is 58.4 Å². The van der Waals surface area contributed by atoms with E-state index >= 15 is 0 Å². The lowest BCUT2D eigenvalue weighted by molar-refractivity contribution is 0.0811. The molecular formula is C11H18N4O2S3. The Labute approximate surface area is 127 Å². The van der Waals surface area contributed by atoms with Gasteiger partial charge in [0.2, 0.25) is 0 Å². The van der Waals surface area contributed by atoms with Crippen LogP contribution >= 0.6 is 23.6 Å². The van der Waals surface area contributed by atoms with Gasteiger partial charge in [0.05, 0.1) is 18.2 Å². The molecule has 0 amide bonds. The van der Waals surface area contributed by atoms with Crippen molar-refractivity contribution in [3.63, 3.8) is 0 Å². The molecule has 2 aliphatic heterocycles. The number of nitrogens with zero attached hydrogens (tertiary/aromatic N) is 4. The molecule has 3 heterocycles. The Morgan fingerprint density at radius 3 is 2.65 bits per heavy atom. The molecule has 6 nitrogen and oxygen atoms in total. The Balaban J connectivity index is 1.52. The normalized spacial score (nSPS) is 27.9. The first-order valence-electron chi connectivity index (χ1n) is 6.71. The van der Waals surface area contributed by atoms with Crippen LogP contribution in [0.25, 0.3) is 0 Å². The first-order chi connectivity index (χ1) is 9.53. The number of hydrogen-bond donors (Lipinski definition) is 0. The summed E-state index contributed by atoms with van der Waals surface area (Å²) in [6, 6.07) is 0.226. The third-order valence-corrected chi connectivity index (χ3v) is 6.88. The Hall–Kier alpha value is -0.350. The lowest BCUT2D eigenvalue weighted by Gasteiger charge is -2.37. The summed E-state index contributed by atoms with van der Waals surface area (Å²) in [5, 5.41) is 4.22. The predicted molar refractivity (Wildman–Crippen MR) is 81.1 cm³/mol. The molecule has 1 atom stereocenters. The molecule has 1 aromatic heterocycles. The first kappa shape index (κ1) is 14.6. The fraction of sp³-hybridized carbons (Fsp3) is 0.818. The summed E-state index contributed by atoms with van der Waals surface area (Å²) in [7, 11) is -2.79. The van der Waals surface area contributed by atoms with Gasteiger partial charge in [0, 0.05) is 32.2 Å². The van der Waals surface area contributed by atoms with Crippen molar-refractivity contribution in [1.82, 2.24) is 19.6 Å². The van der Waals surface area contributed by atoms with Crippen molar-refractivity contribution < 1.29 is 8.42 Å². The second-order valence-corrected chi connectivity index (χ2v) is 9.06. The van der Waals surface area contributed by atoms with Crippen LogP contribution in [0, 0.1) is 3.95 Å². The van der Waals surface area contributed by atoms with Crippen LogP contribution < -0.4 is 0 Å². The summed E-state index contributed by atoms with van der Waals surface area (Å²) < 4.78 is 25.7. The van der Waals surface area contributed by atoms with Crippen LogP contribution in [0.15, 0.2) is 5.51 Å². The van der Waals surface area contributed by atoms with Crippen molar-refractivity contribution in [1.29, 1.82) is 0 Å². The molecule has 20 heavy (non-hydrogen) atoms. The molecule has 2 fully saturated rings. The highest BCUT2D eigenvalue weighted by Gasteiger charge is 2.33. The van der Waals surface area contributed by atoms with Gasteiger partial charge in [-0.3, -0.25) is 9.80 Å². The van der Waals surface area contributed by atoms with Crippen molar-refractivity contribution in [2.24, 2.45) is 0 Å². The number of aromatic nitrogens is 2. The molecule has 1 aromatic rings. The fourth-order valence-electron chi connectivity index (χ4n) is 2.85. The fourth-order valence-corrected chi connectivity index (χ4v) is 5.32. The monoisotopic (exact) mass is 334 g/mol. The molecule has 0 aromatic carbocycles. The zero-order valence-electron chi connectivity index (χ0n) is 11.1. The summed E-state index contributed by atoms with van der Waals surface area (Å²) >= 11 is 6.68. The Kier molecular flexibility index (Phi) is 4.23. The Bertz CT molecular complexity index is 616. The lowest BCUT2D eigenvalue weighted by Crippen LogP contribution is -2.50. The van der Waals surface area contributed by atoms with Crippen LogP contribution in [0.2, 0.25) is 0 Å². The maximum atomic E-state index is 11.5. The SMILES string of the molecule is O=S1(=O)CC[C@@H](N2CCN(Cn3ncsc3=S)CC2)C1. The molecule has 112 valence electrons. The van der Waals surface area contributed by atoms with E-state index in [1.807, 2.05) is 4.68 Å². The molecule has 2 saturated heterocycles. The average molecular weight is 334 g/mol. The molecule has 0 unspecified atom stereocenters. The van der Waals surface area contributed by atoms with Gasteiger partial charge in [-0.15, -0.1) is 0 Å². The molecule has 0 N–H and O–H groups in total. The largest absolute Gasteiger partial charge is 0.297 e. The van der Waals surface area contributed by atoms with E-state index in [0.29, 0.717) is 11.5 Å². The van der Waals surface area contributed by atoms with Crippen molar-refractivity contribution in [2.45, 2.75) is 19.1 Å². The zero-order valence-corrected chi connectivity index (χ0v) is 13.6. The van der Waals surface area contributed by atoms with Crippen molar-refractivity contribution in [3.05, 3.63) is 9.46 Å². The number of piperazine rings is 1. The molecule has 0 radical (unpaired) electrons. The van der Waals surface area contributed by atoms with Crippen LogP contribution in [-0.2, 0) is 16.5 Å². The lowest BCUT2D eigenvalue weighted by atomic mass is 10.2. The van der Waals surface area contributed by atoms with E-state index in [1.165, 1.54) is 11.3 Å². The summed E-state index contributed by atoms with van der Waals surface area (Å²) in [5.74, 6) is 0.690. The van der Waals surface area contributed by atoms with Gasteiger partial charge >= 0.3 is 0 Å². The standard InChI is InChI=1S/C11H18N4O2S3/c16-20(17)6-1-10(7-20)14-4-2-13(3-5-14)9-15-11(18)19-8-12-15/h8,10H,1-7,9H2/t10-/m1/s1. The zero-order chi connectivity index (χ0) is 14.2. The highest BCUT2D eigenvalue weighted by atomic mass is 32.2. The molecule has 0 saturated carbocycles. The van der Waals surface area contributed by atoms with E-state index < -0.39 is 9.84 Å². The summed E-state index contributed by atoms with van der Waals surface area (Å²) in [4.78, 5) is 4.64. The second kappa shape index (κ2) is 5.80. The van der Waals surface area contributed by atoms with Crippen molar-refractivity contribution >= 4 is 33.4 Å². The van der Waals surface area contributed by atoms with E-state index in [9.17, 15) is 8.42 Å². The van der Waals surface area contributed by atoms with Crippen molar-refractivity contribution in [2.75, 3.05) is 37.7 Å². The van der Waals surface area contributed by atoms with Gasteiger partial charge in [-0.25, -0.2) is 13.1 Å². The maximum Gasteiger partial charge on any atom is 0.180 e. The maximum absolute atomic E-state index is 11.5. The number of rotatable bonds is 3. The summed E-state index contributed by atoms with van der Waals surface area (Å²) in [6.45, 7) is 4.47. The minimum Gasteiger partial charge on any atom is -0.297 e. The first-order valence-corrected chi connectivity index (χ1v) is 9.82. The van der Waals surface area contributed by atoms with E-state index in [2.05, 4.69) is 14.9 Å². The Morgan fingerprint density at radius 1 is 1.35 bits per heavy atom. The minimum absolute atomic E-state index is 0.226. The van der Waals surface area contributed by atoms with E-state index in [1.54, 1.807) is 5.51 Å². The van der Waals surface area contributed by atoms with Gasteiger partial charge in [-0.2, -0.15) is 5.10 Å². The van der Waals surface area contributed by atoms with Crippen LogP contribution in [-0.4, -0.2) is 71.7 Å². The molecule has 2 aliphatic rings. The quantitative estimate of drug-likeness (QED) is 0.748. The van der Waals surface area contributed by atoms with Gasteiger partial charge in [0.15, 0.2) is 13.8 Å². The second-order valence-electron chi connectivity index (χ2n) is 5.36. The molecule has 0 spiro atoms. The molecule has 0 bridgehead atoms. The van der Waals surface area contributed by atoms with E-state index in [-0.39, 0.29) is 6.04 Å². The van der Waals surface area contributed by atoms with Crippen LogP contribution in [0.1, 0.15) is 6.42 Å². The summed E-state index contributed by atoms with van der Waals surface area (Å²) in [6.07, 6.45) is 0.791. The van der Waals surface area contributed by atoms with Gasteiger partial charge in [-0.05, 0) is 18.6 Å². The van der Waals surface area contributed by atoms with Crippen molar-refractivity contribution in [3.8, 4) is 0 Å². The smallest absolute Gasteiger partial charge is 0.180 e. The predicted octanol–water partition coefficient (Wildman–Crippen LogP) is 0.436. The third kappa shape index (κ3) is 3.28.